The van der Waals surface area contributed by atoms with Crippen LogP contribution in [0, 0.1) is 5.41 Å². The van der Waals surface area contributed by atoms with Crippen LogP contribution in [0.5, 0.6) is 0 Å². The molecule has 0 radical (unpaired) electrons. The van der Waals surface area contributed by atoms with E-state index < -0.39 is 0 Å². The highest BCUT2D eigenvalue weighted by Gasteiger charge is 2.45. The fraction of sp³-hybridized carbons (Fsp3) is 0.500. The van der Waals surface area contributed by atoms with Gasteiger partial charge in [0.15, 0.2) is 0 Å². The first-order chi connectivity index (χ1) is 12.2. The summed E-state index contributed by atoms with van der Waals surface area (Å²) < 4.78 is 0. The first-order valence-corrected chi connectivity index (χ1v) is 9.94. The van der Waals surface area contributed by atoms with Crippen LogP contribution in [-0.4, -0.2) is 33.8 Å². The molecule has 2 saturated heterocycles. The molecule has 5 nitrogen and oxygen atoms in total. The van der Waals surface area contributed by atoms with Crippen molar-refractivity contribution in [3.8, 4) is 0 Å². The molecule has 0 bridgehead atoms. The number of anilines is 1. The van der Waals surface area contributed by atoms with Crippen molar-refractivity contribution in [1.29, 1.82) is 5.41 Å². The van der Waals surface area contributed by atoms with E-state index in [-0.39, 0.29) is 23.0 Å². The second-order valence-electron chi connectivity index (χ2n) is 8.77. The lowest BCUT2D eigenvalue weighted by Gasteiger charge is -2.48. The number of hydrogen-bond acceptors (Lipinski definition) is 5. The molecule has 2 fully saturated rings. The lowest BCUT2D eigenvalue weighted by molar-refractivity contribution is -0.128. The molecule has 6 heteroatoms. The van der Waals surface area contributed by atoms with E-state index in [0.717, 1.165) is 34.0 Å². The molecule has 26 heavy (non-hydrogen) atoms. The number of carbonyl (C=O) groups excluding carboxylic acids is 1. The van der Waals surface area contributed by atoms with E-state index in [0.29, 0.717) is 12.3 Å². The number of hydrogen-bond donors (Lipinski definition) is 3. The monoisotopic (exact) mass is 370 g/mol. The Balaban J connectivity index is 1.62. The number of rotatable bonds is 1. The average Bonchev–Trinajstić information content (AvgIpc) is 3.04. The lowest BCUT2D eigenvalue weighted by atomic mass is 9.79. The minimum atomic E-state index is -0.0561. The summed E-state index contributed by atoms with van der Waals surface area (Å²) in [7, 11) is 0. The SMILES string of the molecule is CC1(C)CC(N2C(=N)/C(=C3/Nc4ccccc4S3)CC2=O)CC(C)(C)N1. The zero-order valence-electron chi connectivity index (χ0n) is 15.8. The number of para-hydroxylation sites is 1. The molecular formula is C20H26N4OS. The lowest BCUT2D eigenvalue weighted by Crippen LogP contribution is -2.62. The number of fused-ring (bicyclic) bond motifs is 1. The summed E-state index contributed by atoms with van der Waals surface area (Å²) in [4.78, 5) is 15.7. The number of amides is 1. The molecule has 0 spiro atoms. The van der Waals surface area contributed by atoms with Crippen LogP contribution in [0.4, 0.5) is 5.69 Å². The van der Waals surface area contributed by atoms with Crippen LogP contribution in [0.25, 0.3) is 0 Å². The van der Waals surface area contributed by atoms with Crippen LogP contribution in [0.3, 0.4) is 0 Å². The van der Waals surface area contributed by atoms with Gasteiger partial charge in [-0.25, -0.2) is 0 Å². The summed E-state index contributed by atoms with van der Waals surface area (Å²) in [5.41, 5.74) is 1.77. The Bertz CT molecular complexity index is 784. The minimum Gasteiger partial charge on any atom is -0.349 e. The standard InChI is InChI=1S/C20H26N4OS/c1-19(2)10-12(11-20(3,4)23-19)24-16(25)9-13(17(24)21)18-22-14-7-5-6-8-15(14)26-18/h5-8,12,21-23H,9-11H2,1-4H3/b18-13-,21-17?. The topological polar surface area (TPSA) is 68.2 Å². The predicted octanol–water partition coefficient (Wildman–Crippen LogP) is 3.93. The van der Waals surface area contributed by atoms with Gasteiger partial charge in [0.25, 0.3) is 0 Å². The van der Waals surface area contributed by atoms with Gasteiger partial charge in [-0.3, -0.25) is 15.1 Å². The Morgan fingerprint density at radius 3 is 2.46 bits per heavy atom. The smallest absolute Gasteiger partial charge is 0.233 e. The van der Waals surface area contributed by atoms with Gasteiger partial charge in [0.1, 0.15) is 5.84 Å². The maximum absolute atomic E-state index is 12.8. The summed E-state index contributed by atoms with van der Waals surface area (Å²) in [6.45, 7) is 8.70. The van der Waals surface area contributed by atoms with E-state index in [1.807, 2.05) is 18.2 Å². The third kappa shape index (κ3) is 3.05. The van der Waals surface area contributed by atoms with Crippen molar-refractivity contribution >= 4 is 29.2 Å². The van der Waals surface area contributed by atoms with Crippen molar-refractivity contribution in [3.05, 3.63) is 34.9 Å². The predicted molar refractivity (Wildman–Crippen MR) is 106 cm³/mol. The van der Waals surface area contributed by atoms with Crippen LogP contribution < -0.4 is 10.6 Å². The summed E-state index contributed by atoms with van der Waals surface area (Å²) in [5, 5.41) is 16.7. The Morgan fingerprint density at radius 2 is 1.81 bits per heavy atom. The molecule has 138 valence electrons. The van der Waals surface area contributed by atoms with Gasteiger partial charge in [0.2, 0.25) is 5.91 Å². The van der Waals surface area contributed by atoms with Crippen molar-refractivity contribution < 1.29 is 4.79 Å². The van der Waals surface area contributed by atoms with Crippen LogP contribution in [0.2, 0.25) is 0 Å². The molecule has 1 amide bonds. The van der Waals surface area contributed by atoms with Gasteiger partial charge in [-0.05, 0) is 52.7 Å². The Hall–Kier alpha value is -1.79. The number of benzene rings is 1. The molecule has 0 atom stereocenters. The third-order valence-corrected chi connectivity index (χ3v) is 6.41. The summed E-state index contributed by atoms with van der Waals surface area (Å²) in [6, 6.07) is 8.17. The van der Waals surface area contributed by atoms with E-state index >= 15 is 0 Å². The molecule has 0 unspecified atom stereocenters. The van der Waals surface area contributed by atoms with Gasteiger partial charge < -0.3 is 10.6 Å². The molecule has 4 rings (SSSR count). The summed E-state index contributed by atoms with van der Waals surface area (Å²) >= 11 is 1.62. The molecule has 0 aromatic heterocycles. The molecule has 3 aliphatic heterocycles. The zero-order chi connectivity index (χ0) is 18.7. The molecule has 0 aliphatic carbocycles. The fourth-order valence-electron chi connectivity index (χ4n) is 4.67. The van der Waals surface area contributed by atoms with Gasteiger partial charge >= 0.3 is 0 Å². The van der Waals surface area contributed by atoms with Crippen molar-refractivity contribution in [1.82, 2.24) is 10.2 Å². The van der Waals surface area contributed by atoms with Gasteiger partial charge in [-0.15, -0.1) is 0 Å². The molecular weight excluding hydrogens is 344 g/mol. The first-order valence-electron chi connectivity index (χ1n) is 9.13. The molecule has 3 aliphatic rings. The van der Waals surface area contributed by atoms with E-state index in [2.05, 4.69) is 44.4 Å². The molecule has 3 N–H and O–H groups in total. The highest BCUT2D eigenvalue weighted by atomic mass is 32.2. The number of nitrogens with zero attached hydrogens (tertiary/aromatic N) is 1. The van der Waals surface area contributed by atoms with Crippen molar-refractivity contribution in [2.24, 2.45) is 0 Å². The quantitative estimate of drug-likeness (QED) is 0.700. The van der Waals surface area contributed by atoms with E-state index in [9.17, 15) is 4.79 Å². The summed E-state index contributed by atoms with van der Waals surface area (Å²) in [5.74, 6) is 0.422. The van der Waals surface area contributed by atoms with Gasteiger partial charge in [-0.1, -0.05) is 23.9 Å². The van der Waals surface area contributed by atoms with Gasteiger partial charge in [-0.2, -0.15) is 0 Å². The van der Waals surface area contributed by atoms with Crippen molar-refractivity contribution in [3.63, 3.8) is 0 Å². The molecule has 0 saturated carbocycles. The van der Waals surface area contributed by atoms with E-state index in [1.165, 1.54) is 0 Å². The Labute approximate surface area is 159 Å². The highest BCUT2D eigenvalue weighted by molar-refractivity contribution is 8.03. The Morgan fingerprint density at radius 1 is 1.15 bits per heavy atom. The summed E-state index contributed by atoms with van der Waals surface area (Å²) in [6.07, 6.45) is 2.02. The molecule has 1 aromatic carbocycles. The van der Waals surface area contributed by atoms with Crippen LogP contribution in [-0.2, 0) is 4.79 Å². The van der Waals surface area contributed by atoms with E-state index in [4.69, 9.17) is 5.41 Å². The number of amidine groups is 1. The number of likely N-dealkylation sites (tertiary alicyclic amines) is 1. The zero-order valence-corrected chi connectivity index (χ0v) is 16.6. The maximum atomic E-state index is 12.8. The minimum absolute atomic E-state index is 0.0503. The molecule has 3 heterocycles. The Kier molecular flexibility index (Phi) is 3.97. The average molecular weight is 371 g/mol. The van der Waals surface area contributed by atoms with Crippen LogP contribution in [0.15, 0.2) is 39.8 Å². The fourth-order valence-corrected chi connectivity index (χ4v) is 5.72. The van der Waals surface area contributed by atoms with Gasteiger partial charge in [0.05, 0.1) is 17.1 Å². The number of carbonyl (C=O) groups is 1. The van der Waals surface area contributed by atoms with Crippen molar-refractivity contribution in [2.75, 3.05) is 5.32 Å². The third-order valence-electron chi connectivity index (χ3n) is 5.28. The van der Waals surface area contributed by atoms with Crippen molar-refractivity contribution in [2.45, 2.75) is 69.0 Å². The number of piperidine rings is 1. The number of nitrogens with one attached hydrogen (secondary N) is 3. The second-order valence-corrected chi connectivity index (χ2v) is 9.83. The van der Waals surface area contributed by atoms with Crippen LogP contribution >= 0.6 is 11.8 Å². The van der Waals surface area contributed by atoms with E-state index in [1.54, 1.807) is 16.7 Å². The maximum Gasteiger partial charge on any atom is 0.233 e. The normalized spacial score (nSPS) is 27.6. The molecule has 1 aromatic rings. The largest absolute Gasteiger partial charge is 0.349 e. The number of thioether (sulfide) groups is 1. The first kappa shape index (κ1) is 17.6. The second kappa shape index (κ2) is 5.86. The highest BCUT2D eigenvalue weighted by Crippen LogP contribution is 2.44. The van der Waals surface area contributed by atoms with Crippen LogP contribution in [0.1, 0.15) is 47.0 Å². The van der Waals surface area contributed by atoms with Gasteiger partial charge in [0, 0.05) is 27.6 Å².